The molecule has 0 saturated heterocycles. The third kappa shape index (κ3) is 7.52. The topological polar surface area (TPSA) is 89.0 Å². The molecule has 2 N–H and O–H groups in total. The number of hydrazone groups is 1. The number of nitrogens with one attached hydrogen (secondary N) is 2. The second-order valence-electron chi connectivity index (χ2n) is 6.14. The average molecular weight is 347 g/mol. The lowest BCUT2D eigenvalue weighted by Gasteiger charge is -2.19. The van der Waals surface area contributed by atoms with Crippen molar-refractivity contribution in [3.8, 4) is 11.5 Å². The van der Waals surface area contributed by atoms with Crippen LogP contribution in [0.1, 0.15) is 33.3 Å². The van der Waals surface area contributed by atoms with Crippen molar-refractivity contribution in [2.75, 3.05) is 13.2 Å². The lowest BCUT2D eigenvalue weighted by molar-refractivity contribution is -0.140. The molecule has 7 heteroatoms. The number of carbonyl (C=O) groups excluding carboxylic acids is 2. The number of ether oxygens (including phenoxy) is 2. The predicted molar refractivity (Wildman–Crippen MR) is 96.9 cm³/mol. The molecule has 1 aromatic rings. The van der Waals surface area contributed by atoms with Crippen molar-refractivity contribution in [1.82, 2.24) is 10.7 Å². The molecule has 1 aromatic carbocycles. The Morgan fingerprint density at radius 3 is 2.52 bits per heavy atom. The minimum absolute atomic E-state index is 0.368. The molecule has 136 valence electrons. The van der Waals surface area contributed by atoms with Crippen molar-refractivity contribution < 1.29 is 19.1 Å². The average Bonchev–Trinajstić information content (AvgIpc) is 2.52. The highest BCUT2D eigenvalue weighted by atomic mass is 16.5. The smallest absolute Gasteiger partial charge is 0.329 e. The van der Waals surface area contributed by atoms with Crippen molar-refractivity contribution in [3.05, 3.63) is 36.4 Å². The maximum Gasteiger partial charge on any atom is 0.329 e. The minimum Gasteiger partial charge on any atom is -0.490 e. The molecule has 0 aromatic heterocycles. The van der Waals surface area contributed by atoms with Crippen LogP contribution in [-0.4, -0.2) is 36.8 Å². The SMILES string of the molecule is C=CCOc1ccc(C=NNC(=O)C(=O)NC(C)(C)C)cc1OCC. The molecule has 0 unspecified atom stereocenters. The van der Waals surface area contributed by atoms with Crippen LogP contribution in [0, 0.1) is 0 Å². The number of benzene rings is 1. The quantitative estimate of drug-likeness (QED) is 0.342. The number of rotatable bonds is 7. The van der Waals surface area contributed by atoms with Crippen LogP contribution >= 0.6 is 0 Å². The van der Waals surface area contributed by atoms with Gasteiger partial charge in [-0.3, -0.25) is 9.59 Å². The Bertz CT molecular complexity index is 648. The van der Waals surface area contributed by atoms with Gasteiger partial charge in [-0.1, -0.05) is 12.7 Å². The Kier molecular flexibility index (Phi) is 7.65. The monoisotopic (exact) mass is 347 g/mol. The van der Waals surface area contributed by atoms with Gasteiger partial charge in [-0.25, -0.2) is 5.43 Å². The van der Waals surface area contributed by atoms with E-state index in [0.29, 0.717) is 30.3 Å². The van der Waals surface area contributed by atoms with E-state index >= 15 is 0 Å². The van der Waals surface area contributed by atoms with Crippen molar-refractivity contribution in [3.63, 3.8) is 0 Å². The molecule has 0 fully saturated rings. The van der Waals surface area contributed by atoms with Gasteiger partial charge in [0.15, 0.2) is 11.5 Å². The third-order valence-electron chi connectivity index (χ3n) is 2.70. The summed E-state index contributed by atoms with van der Waals surface area (Å²) in [6.45, 7) is 11.7. The van der Waals surface area contributed by atoms with E-state index in [4.69, 9.17) is 9.47 Å². The normalized spacial score (nSPS) is 11.0. The summed E-state index contributed by atoms with van der Waals surface area (Å²) in [5.41, 5.74) is 2.38. The zero-order valence-electron chi connectivity index (χ0n) is 15.1. The molecule has 0 radical (unpaired) electrons. The maximum atomic E-state index is 11.7. The highest BCUT2D eigenvalue weighted by Crippen LogP contribution is 2.28. The first kappa shape index (κ1) is 20.2. The van der Waals surface area contributed by atoms with Crippen LogP contribution in [0.3, 0.4) is 0 Å². The molecule has 0 aliphatic heterocycles. The molecule has 0 heterocycles. The van der Waals surface area contributed by atoms with Gasteiger partial charge in [0.25, 0.3) is 0 Å². The highest BCUT2D eigenvalue weighted by molar-refractivity contribution is 6.35. The van der Waals surface area contributed by atoms with E-state index in [9.17, 15) is 9.59 Å². The van der Waals surface area contributed by atoms with Crippen LogP contribution < -0.4 is 20.2 Å². The van der Waals surface area contributed by atoms with Gasteiger partial charge >= 0.3 is 11.8 Å². The van der Waals surface area contributed by atoms with Crippen molar-refractivity contribution >= 4 is 18.0 Å². The highest BCUT2D eigenvalue weighted by Gasteiger charge is 2.19. The van der Waals surface area contributed by atoms with Crippen LogP contribution in [0.2, 0.25) is 0 Å². The minimum atomic E-state index is -0.831. The third-order valence-corrected chi connectivity index (χ3v) is 2.70. The number of hydrogen-bond donors (Lipinski definition) is 2. The molecule has 0 spiro atoms. The summed E-state index contributed by atoms with van der Waals surface area (Å²) in [7, 11) is 0. The molecular weight excluding hydrogens is 322 g/mol. The lowest BCUT2D eigenvalue weighted by atomic mass is 10.1. The maximum absolute atomic E-state index is 11.7. The number of nitrogens with zero attached hydrogens (tertiary/aromatic N) is 1. The standard InChI is InChI=1S/C18H25N3O4/c1-6-10-25-14-9-8-13(11-15(14)24-7-2)12-19-21-17(23)16(22)20-18(3,4)5/h6,8-9,11-12H,1,7,10H2,2-5H3,(H,20,22)(H,21,23). The zero-order valence-corrected chi connectivity index (χ0v) is 15.1. The van der Waals surface area contributed by atoms with Gasteiger partial charge in [-0.15, -0.1) is 0 Å². The van der Waals surface area contributed by atoms with Crippen molar-refractivity contribution in [2.45, 2.75) is 33.2 Å². The van der Waals surface area contributed by atoms with Crippen LogP contribution in [0.4, 0.5) is 0 Å². The van der Waals surface area contributed by atoms with Gasteiger partial charge in [0.2, 0.25) is 0 Å². The van der Waals surface area contributed by atoms with Crippen molar-refractivity contribution in [2.24, 2.45) is 5.10 Å². The summed E-state index contributed by atoms with van der Waals surface area (Å²) >= 11 is 0. The van der Waals surface area contributed by atoms with Crippen LogP contribution in [-0.2, 0) is 9.59 Å². The molecule has 25 heavy (non-hydrogen) atoms. The number of hydrogen-bond acceptors (Lipinski definition) is 5. The fourth-order valence-corrected chi connectivity index (χ4v) is 1.75. The second-order valence-corrected chi connectivity index (χ2v) is 6.14. The fraction of sp³-hybridized carbons (Fsp3) is 0.389. The first-order valence-electron chi connectivity index (χ1n) is 7.93. The second kappa shape index (κ2) is 9.46. The number of carbonyl (C=O) groups is 2. The Morgan fingerprint density at radius 1 is 1.20 bits per heavy atom. The zero-order chi connectivity index (χ0) is 18.9. The first-order chi connectivity index (χ1) is 11.8. The molecular formula is C18H25N3O4. The molecule has 0 aliphatic rings. The Balaban J connectivity index is 2.73. The number of amides is 2. The van der Waals surface area contributed by atoms with Gasteiger partial charge in [-0.05, 0) is 51.5 Å². The molecule has 0 saturated carbocycles. The van der Waals surface area contributed by atoms with E-state index in [-0.39, 0.29) is 0 Å². The summed E-state index contributed by atoms with van der Waals surface area (Å²) in [5, 5.41) is 6.34. The summed E-state index contributed by atoms with van der Waals surface area (Å²) in [6.07, 6.45) is 3.06. The summed E-state index contributed by atoms with van der Waals surface area (Å²) in [4.78, 5) is 23.3. The van der Waals surface area contributed by atoms with E-state index in [1.54, 1.807) is 45.0 Å². The molecule has 0 atom stereocenters. The molecule has 2 amide bonds. The predicted octanol–water partition coefficient (Wildman–Crippen LogP) is 2.01. The van der Waals surface area contributed by atoms with Gasteiger partial charge < -0.3 is 14.8 Å². The Morgan fingerprint density at radius 2 is 1.92 bits per heavy atom. The van der Waals surface area contributed by atoms with E-state index in [2.05, 4.69) is 22.4 Å². The van der Waals surface area contributed by atoms with Gasteiger partial charge in [-0.2, -0.15) is 5.10 Å². The molecule has 1 rings (SSSR count). The summed E-state index contributed by atoms with van der Waals surface area (Å²) in [6, 6.07) is 5.22. The van der Waals surface area contributed by atoms with Crippen LogP contribution in [0.25, 0.3) is 0 Å². The summed E-state index contributed by atoms with van der Waals surface area (Å²) < 4.78 is 11.0. The largest absolute Gasteiger partial charge is 0.490 e. The van der Waals surface area contributed by atoms with E-state index < -0.39 is 17.4 Å². The molecule has 0 bridgehead atoms. The fourth-order valence-electron chi connectivity index (χ4n) is 1.75. The summed E-state index contributed by atoms with van der Waals surface area (Å²) in [5.74, 6) is -0.424. The van der Waals surface area contributed by atoms with Crippen LogP contribution in [0.15, 0.2) is 36.0 Å². The van der Waals surface area contributed by atoms with E-state index in [0.717, 1.165) is 0 Å². The van der Waals surface area contributed by atoms with Gasteiger partial charge in [0, 0.05) is 5.54 Å². The molecule has 0 aliphatic carbocycles. The van der Waals surface area contributed by atoms with E-state index in [1.165, 1.54) is 6.21 Å². The van der Waals surface area contributed by atoms with Gasteiger partial charge in [0.1, 0.15) is 6.61 Å². The van der Waals surface area contributed by atoms with Gasteiger partial charge in [0.05, 0.1) is 12.8 Å². The Hall–Kier alpha value is -2.83. The Labute approximate surface area is 148 Å². The van der Waals surface area contributed by atoms with Crippen LogP contribution in [0.5, 0.6) is 11.5 Å². The van der Waals surface area contributed by atoms with Crippen molar-refractivity contribution in [1.29, 1.82) is 0 Å². The van der Waals surface area contributed by atoms with E-state index in [1.807, 2.05) is 6.92 Å². The first-order valence-corrected chi connectivity index (χ1v) is 7.93. The molecule has 7 nitrogen and oxygen atoms in total. The lowest BCUT2D eigenvalue weighted by Crippen LogP contribution is -2.47.